The molecule has 0 bridgehead atoms. The zero-order chi connectivity index (χ0) is 18.1. The predicted molar refractivity (Wildman–Crippen MR) is 97.4 cm³/mol. The summed E-state index contributed by atoms with van der Waals surface area (Å²) < 4.78 is 28.6. The Labute approximate surface area is 152 Å². The lowest BCUT2D eigenvalue weighted by Crippen LogP contribution is -2.13. The molecule has 8 heteroatoms. The molecule has 5 nitrogen and oxygen atoms in total. The number of benzene rings is 1. The Balaban J connectivity index is 1.55. The number of nitrogens with zero attached hydrogens (tertiary/aromatic N) is 4. The molecule has 132 valence electrons. The van der Waals surface area contributed by atoms with Crippen LogP contribution in [0.25, 0.3) is 17.0 Å². The van der Waals surface area contributed by atoms with Gasteiger partial charge in [-0.1, -0.05) is 13.0 Å². The molecule has 0 amide bonds. The lowest BCUT2D eigenvalue weighted by molar-refractivity contribution is 0.562. The fraction of sp³-hybridized carbons (Fsp3) is 0.167. The fourth-order valence-electron chi connectivity index (χ4n) is 2.72. The summed E-state index contributed by atoms with van der Waals surface area (Å²) in [4.78, 5) is 0. The summed E-state index contributed by atoms with van der Waals surface area (Å²) in [6.45, 7) is 2.33. The van der Waals surface area contributed by atoms with E-state index >= 15 is 0 Å². The number of fused-ring (bicyclic) bond motifs is 1. The summed E-state index contributed by atoms with van der Waals surface area (Å²) in [7, 11) is 0. The van der Waals surface area contributed by atoms with Gasteiger partial charge in [0.25, 0.3) is 0 Å². The summed E-state index contributed by atoms with van der Waals surface area (Å²) in [6, 6.07) is 9.23. The number of aromatic nitrogens is 4. The molecular weight excluding hydrogens is 356 g/mol. The second kappa shape index (κ2) is 6.80. The van der Waals surface area contributed by atoms with Crippen LogP contribution >= 0.6 is 11.3 Å². The van der Waals surface area contributed by atoms with Gasteiger partial charge in [0.2, 0.25) is 0 Å². The Morgan fingerprint density at radius 2 is 2.04 bits per heavy atom. The van der Waals surface area contributed by atoms with Crippen molar-refractivity contribution in [2.45, 2.75) is 12.8 Å². The Hall–Kier alpha value is -2.87. The number of anilines is 1. The van der Waals surface area contributed by atoms with E-state index in [0.717, 1.165) is 11.6 Å². The van der Waals surface area contributed by atoms with Gasteiger partial charge in [-0.15, -0.1) is 15.3 Å². The van der Waals surface area contributed by atoms with Gasteiger partial charge in [0, 0.05) is 29.5 Å². The average Bonchev–Trinajstić information content (AvgIpc) is 3.28. The second-order valence-electron chi connectivity index (χ2n) is 5.97. The van der Waals surface area contributed by atoms with Crippen molar-refractivity contribution in [2.24, 2.45) is 0 Å². The van der Waals surface area contributed by atoms with Gasteiger partial charge in [-0.2, -0.15) is 15.9 Å². The molecule has 0 saturated carbocycles. The highest BCUT2D eigenvalue weighted by Gasteiger charge is 2.13. The molecule has 0 fully saturated rings. The molecule has 3 heterocycles. The van der Waals surface area contributed by atoms with Crippen LogP contribution in [0, 0.1) is 11.6 Å². The van der Waals surface area contributed by atoms with Crippen molar-refractivity contribution < 1.29 is 8.78 Å². The van der Waals surface area contributed by atoms with E-state index in [0.29, 0.717) is 29.4 Å². The van der Waals surface area contributed by atoms with Gasteiger partial charge in [0.15, 0.2) is 11.5 Å². The third kappa shape index (κ3) is 3.15. The highest BCUT2D eigenvalue weighted by molar-refractivity contribution is 7.08. The van der Waals surface area contributed by atoms with Crippen molar-refractivity contribution in [3.8, 4) is 11.4 Å². The van der Waals surface area contributed by atoms with Gasteiger partial charge < -0.3 is 5.32 Å². The van der Waals surface area contributed by atoms with E-state index < -0.39 is 11.6 Å². The van der Waals surface area contributed by atoms with Crippen LogP contribution in [-0.4, -0.2) is 26.4 Å². The molecule has 0 saturated heterocycles. The molecule has 1 unspecified atom stereocenters. The molecule has 0 aliphatic heterocycles. The van der Waals surface area contributed by atoms with Crippen LogP contribution in [0.4, 0.5) is 14.6 Å². The van der Waals surface area contributed by atoms with Crippen LogP contribution in [-0.2, 0) is 0 Å². The highest BCUT2D eigenvalue weighted by Crippen LogP contribution is 2.22. The van der Waals surface area contributed by atoms with Crippen LogP contribution in [0.2, 0.25) is 0 Å². The first-order valence-electron chi connectivity index (χ1n) is 8.05. The smallest absolute Gasteiger partial charge is 0.186 e. The molecule has 0 radical (unpaired) electrons. The normalized spacial score (nSPS) is 12.4. The number of halogens is 2. The van der Waals surface area contributed by atoms with E-state index in [1.165, 1.54) is 12.1 Å². The maximum atomic E-state index is 13.9. The van der Waals surface area contributed by atoms with Crippen LogP contribution in [0.1, 0.15) is 18.4 Å². The van der Waals surface area contributed by atoms with Gasteiger partial charge in [-0.3, -0.25) is 0 Å². The van der Waals surface area contributed by atoms with Crippen LogP contribution in [0.5, 0.6) is 0 Å². The largest absolute Gasteiger partial charge is 0.368 e. The first kappa shape index (κ1) is 16.6. The van der Waals surface area contributed by atoms with E-state index in [-0.39, 0.29) is 5.92 Å². The standard InChI is InChI=1S/C18H15F2N5S/c1-11(14-3-2-13(19)8-15(14)20)9-21-16-4-5-17-22-23-18(25(17)24-16)12-6-7-26-10-12/h2-8,10-11H,9H2,1H3,(H,21,24). The Kier molecular flexibility index (Phi) is 4.34. The molecule has 0 spiro atoms. The highest BCUT2D eigenvalue weighted by atomic mass is 32.1. The molecule has 1 atom stereocenters. The fourth-order valence-corrected chi connectivity index (χ4v) is 3.36. The molecule has 1 N–H and O–H groups in total. The number of hydrogen-bond donors (Lipinski definition) is 1. The van der Waals surface area contributed by atoms with Gasteiger partial charge >= 0.3 is 0 Å². The van der Waals surface area contributed by atoms with Crippen molar-refractivity contribution in [1.29, 1.82) is 0 Å². The minimum atomic E-state index is -0.577. The van der Waals surface area contributed by atoms with Crippen molar-refractivity contribution in [3.63, 3.8) is 0 Å². The number of hydrogen-bond acceptors (Lipinski definition) is 5. The first-order chi connectivity index (χ1) is 12.6. The summed E-state index contributed by atoms with van der Waals surface area (Å²) >= 11 is 1.58. The predicted octanol–water partition coefficient (Wildman–Crippen LogP) is 4.35. The maximum absolute atomic E-state index is 13.9. The molecule has 1 aromatic carbocycles. The quantitative estimate of drug-likeness (QED) is 0.567. The topological polar surface area (TPSA) is 55.1 Å². The van der Waals surface area contributed by atoms with Crippen LogP contribution < -0.4 is 5.32 Å². The van der Waals surface area contributed by atoms with Gasteiger partial charge in [0.05, 0.1) is 0 Å². The number of nitrogens with one attached hydrogen (secondary N) is 1. The number of rotatable bonds is 5. The van der Waals surface area contributed by atoms with Crippen molar-refractivity contribution >= 4 is 22.8 Å². The number of thiophene rings is 1. The Morgan fingerprint density at radius 1 is 1.15 bits per heavy atom. The van der Waals surface area contributed by atoms with E-state index in [2.05, 4.69) is 20.6 Å². The first-order valence-corrected chi connectivity index (χ1v) is 9.00. The molecule has 3 aromatic heterocycles. The molecule has 4 aromatic rings. The summed E-state index contributed by atoms with van der Waals surface area (Å²) in [6.07, 6.45) is 0. The lowest BCUT2D eigenvalue weighted by Gasteiger charge is -2.14. The SMILES string of the molecule is CC(CNc1ccc2nnc(-c3ccsc3)n2n1)c1ccc(F)cc1F. The van der Waals surface area contributed by atoms with Crippen molar-refractivity contribution in [1.82, 2.24) is 19.8 Å². The van der Waals surface area contributed by atoms with E-state index in [1.807, 2.05) is 29.8 Å². The monoisotopic (exact) mass is 371 g/mol. The van der Waals surface area contributed by atoms with Crippen LogP contribution in [0.3, 0.4) is 0 Å². The van der Waals surface area contributed by atoms with Gasteiger partial charge in [-0.25, -0.2) is 8.78 Å². The Bertz CT molecular complexity index is 1050. The molecule has 0 aliphatic carbocycles. The summed E-state index contributed by atoms with van der Waals surface area (Å²) in [5.74, 6) is 0.0318. The second-order valence-corrected chi connectivity index (χ2v) is 6.75. The summed E-state index contributed by atoms with van der Waals surface area (Å²) in [5.41, 5.74) is 2.06. The van der Waals surface area contributed by atoms with E-state index in [9.17, 15) is 8.78 Å². The van der Waals surface area contributed by atoms with Crippen molar-refractivity contribution in [3.05, 3.63) is 64.4 Å². The van der Waals surface area contributed by atoms with Gasteiger partial charge in [-0.05, 0) is 35.2 Å². The van der Waals surface area contributed by atoms with Crippen LogP contribution in [0.15, 0.2) is 47.2 Å². The third-order valence-corrected chi connectivity index (χ3v) is 4.81. The average molecular weight is 371 g/mol. The molecule has 26 heavy (non-hydrogen) atoms. The van der Waals surface area contributed by atoms with E-state index in [4.69, 9.17) is 0 Å². The third-order valence-electron chi connectivity index (χ3n) is 4.12. The maximum Gasteiger partial charge on any atom is 0.186 e. The molecular formula is C18H15F2N5S. The molecule has 0 aliphatic rings. The zero-order valence-corrected chi connectivity index (χ0v) is 14.7. The summed E-state index contributed by atoms with van der Waals surface area (Å²) in [5, 5.41) is 20.0. The lowest BCUT2D eigenvalue weighted by atomic mass is 10.0. The van der Waals surface area contributed by atoms with Crippen molar-refractivity contribution in [2.75, 3.05) is 11.9 Å². The molecule has 4 rings (SSSR count). The Morgan fingerprint density at radius 3 is 2.81 bits per heavy atom. The minimum Gasteiger partial charge on any atom is -0.368 e. The van der Waals surface area contributed by atoms with E-state index in [1.54, 1.807) is 21.9 Å². The zero-order valence-electron chi connectivity index (χ0n) is 13.9. The minimum absolute atomic E-state index is 0.148. The van der Waals surface area contributed by atoms with Gasteiger partial charge in [0.1, 0.15) is 17.5 Å².